The molecule has 3 N–H and O–H groups in total. The lowest BCUT2D eigenvalue weighted by Crippen LogP contribution is -2.22. The molecule has 1 aromatic heterocycles. The summed E-state index contributed by atoms with van der Waals surface area (Å²) in [5.41, 5.74) is 2.27. The number of ether oxygens (including phenoxy) is 1. The third kappa shape index (κ3) is 4.47. The lowest BCUT2D eigenvalue weighted by molar-refractivity contribution is 0.0696. The van der Waals surface area contributed by atoms with Gasteiger partial charge in [0.1, 0.15) is 10.6 Å². The first-order valence-electron chi connectivity index (χ1n) is 8.46. The molecule has 0 fully saturated rings. The first-order chi connectivity index (χ1) is 13.5. The van der Waals surface area contributed by atoms with E-state index in [1.165, 1.54) is 23.5 Å². The van der Waals surface area contributed by atoms with Crippen LogP contribution in [0, 0.1) is 6.92 Å². The molecule has 1 amide bonds. The van der Waals surface area contributed by atoms with Gasteiger partial charge in [0.05, 0.1) is 24.1 Å². The number of benzene rings is 2. The Morgan fingerprint density at radius 1 is 1.18 bits per heavy atom. The molecule has 144 valence electrons. The highest BCUT2D eigenvalue weighted by Crippen LogP contribution is 2.30. The van der Waals surface area contributed by atoms with Crippen molar-refractivity contribution in [3.8, 4) is 5.75 Å². The maximum absolute atomic E-state index is 12.5. The Labute approximate surface area is 166 Å². The highest BCUT2D eigenvalue weighted by Gasteiger charge is 2.16. The van der Waals surface area contributed by atoms with Gasteiger partial charge in [0.15, 0.2) is 5.13 Å². The largest absolute Gasteiger partial charge is 0.495 e. The van der Waals surface area contributed by atoms with Crippen LogP contribution in [-0.2, 0) is 6.54 Å². The molecule has 0 aliphatic carbocycles. The highest BCUT2D eigenvalue weighted by molar-refractivity contribution is 7.17. The first-order valence-corrected chi connectivity index (χ1v) is 9.27. The van der Waals surface area contributed by atoms with Gasteiger partial charge in [-0.1, -0.05) is 35.6 Å². The number of carbonyl (C=O) groups excluding carboxylic acids is 1. The summed E-state index contributed by atoms with van der Waals surface area (Å²) in [6.45, 7) is 2.00. The minimum absolute atomic E-state index is 0.184. The molecule has 8 heteroatoms. The molecule has 0 unspecified atom stereocenters. The van der Waals surface area contributed by atoms with Gasteiger partial charge in [-0.05, 0) is 36.8 Å². The number of carbonyl (C=O) groups is 2. The van der Waals surface area contributed by atoms with Crippen molar-refractivity contribution in [3.05, 3.63) is 70.2 Å². The molecule has 0 aliphatic heterocycles. The summed E-state index contributed by atoms with van der Waals surface area (Å²) in [7, 11) is 1.59. The van der Waals surface area contributed by atoms with E-state index in [1.807, 2.05) is 24.3 Å². The summed E-state index contributed by atoms with van der Waals surface area (Å²) in [4.78, 5) is 28.5. The Hall–Kier alpha value is -3.39. The van der Waals surface area contributed by atoms with E-state index in [2.05, 4.69) is 15.6 Å². The van der Waals surface area contributed by atoms with Gasteiger partial charge in [0, 0.05) is 6.54 Å². The molecular formula is C20H19N3O4S. The second kappa shape index (κ2) is 8.53. The Morgan fingerprint density at radius 3 is 2.71 bits per heavy atom. The molecule has 0 bridgehead atoms. The van der Waals surface area contributed by atoms with E-state index < -0.39 is 5.97 Å². The predicted molar refractivity (Wildman–Crippen MR) is 108 cm³/mol. The van der Waals surface area contributed by atoms with E-state index in [1.54, 1.807) is 26.2 Å². The number of anilines is 2. The van der Waals surface area contributed by atoms with Crippen LogP contribution in [0.15, 0.2) is 48.5 Å². The number of nitrogens with one attached hydrogen (secondary N) is 2. The molecule has 3 rings (SSSR count). The Kier molecular flexibility index (Phi) is 5.90. The van der Waals surface area contributed by atoms with Crippen LogP contribution in [0.4, 0.5) is 10.8 Å². The molecule has 0 saturated carbocycles. The number of aryl methyl sites for hydroxylation is 1. The maximum atomic E-state index is 12.5. The number of para-hydroxylation sites is 2. The third-order valence-electron chi connectivity index (χ3n) is 3.98. The lowest BCUT2D eigenvalue weighted by atomic mass is 10.1. The first kappa shape index (κ1) is 19.4. The summed E-state index contributed by atoms with van der Waals surface area (Å²) >= 11 is 1.24. The van der Waals surface area contributed by atoms with Crippen molar-refractivity contribution < 1.29 is 19.4 Å². The topological polar surface area (TPSA) is 101 Å². The Bertz CT molecular complexity index is 1020. The fraction of sp³-hybridized carbons (Fsp3) is 0.150. The van der Waals surface area contributed by atoms with Crippen LogP contribution in [0.2, 0.25) is 0 Å². The zero-order valence-corrected chi connectivity index (χ0v) is 16.2. The quantitative estimate of drug-likeness (QED) is 0.560. The van der Waals surface area contributed by atoms with E-state index in [9.17, 15) is 9.59 Å². The van der Waals surface area contributed by atoms with Crippen LogP contribution >= 0.6 is 11.3 Å². The number of aromatic nitrogens is 1. The molecule has 28 heavy (non-hydrogen) atoms. The molecule has 0 radical (unpaired) electrons. The van der Waals surface area contributed by atoms with Gasteiger partial charge in [-0.15, -0.1) is 0 Å². The van der Waals surface area contributed by atoms with Gasteiger partial charge in [0.2, 0.25) is 0 Å². The second-order valence-corrected chi connectivity index (χ2v) is 6.95. The maximum Gasteiger partial charge on any atom is 0.335 e. The monoisotopic (exact) mass is 397 g/mol. The van der Waals surface area contributed by atoms with Gasteiger partial charge >= 0.3 is 5.97 Å². The summed E-state index contributed by atoms with van der Waals surface area (Å²) in [5, 5.41) is 15.6. The number of nitrogens with zero attached hydrogens (tertiary/aromatic N) is 1. The van der Waals surface area contributed by atoms with Crippen molar-refractivity contribution in [2.24, 2.45) is 0 Å². The molecule has 2 aromatic carbocycles. The predicted octanol–water partition coefficient (Wildman–Crippen LogP) is 3.83. The third-order valence-corrected chi connectivity index (χ3v) is 5.05. The molecule has 0 saturated heterocycles. The van der Waals surface area contributed by atoms with Crippen molar-refractivity contribution in [3.63, 3.8) is 0 Å². The van der Waals surface area contributed by atoms with Crippen LogP contribution in [0.5, 0.6) is 5.75 Å². The van der Waals surface area contributed by atoms with Crippen LogP contribution < -0.4 is 15.4 Å². The van der Waals surface area contributed by atoms with Crippen molar-refractivity contribution in [2.45, 2.75) is 13.5 Å². The summed E-state index contributed by atoms with van der Waals surface area (Å²) < 4.78 is 5.31. The molecule has 0 spiro atoms. The number of hydrogen-bond acceptors (Lipinski definition) is 6. The molecule has 0 aliphatic rings. The fourth-order valence-corrected chi connectivity index (χ4v) is 3.50. The number of hydrogen-bond donors (Lipinski definition) is 3. The average Bonchev–Trinajstić information content (AvgIpc) is 3.07. The zero-order valence-electron chi connectivity index (χ0n) is 15.4. The molecule has 3 aromatic rings. The van der Waals surface area contributed by atoms with Crippen molar-refractivity contribution in [2.75, 3.05) is 12.4 Å². The lowest BCUT2D eigenvalue weighted by Gasteiger charge is -2.08. The number of thiazole rings is 1. The normalized spacial score (nSPS) is 10.4. The summed E-state index contributed by atoms with van der Waals surface area (Å²) in [6.07, 6.45) is 0. The van der Waals surface area contributed by atoms with E-state index in [0.29, 0.717) is 27.0 Å². The van der Waals surface area contributed by atoms with Gasteiger partial charge in [-0.3, -0.25) is 4.79 Å². The Morgan fingerprint density at radius 2 is 1.96 bits per heavy atom. The number of rotatable bonds is 7. The number of aromatic carboxylic acids is 1. The van der Waals surface area contributed by atoms with E-state index in [4.69, 9.17) is 9.84 Å². The van der Waals surface area contributed by atoms with Gasteiger partial charge in [-0.2, -0.15) is 0 Å². The molecule has 7 nitrogen and oxygen atoms in total. The second-order valence-electron chi connectivity index (χ2n) is 5.95. The number of carboxylic acids is 1. The summed E-state index contributed by atoms with van der Waals surface area (Å²) in [6, 6.07) is 13.9. The van der Waals surface area contributed by atoms with Crippen molar-refractivity contribution in [1.29, 1.82) is 0 Å². The number of carboxylic acid groups (broad SMARTS) is 1. The van der Waals surface area contributed by atoms with Crippen LogP contribution in [-0.4, -0.2) is 29.1 Å². The smallest absolute Gasteiger partial charge is 0.335 e. The van der Waals surface area contributed by atoms with Crippen LogP contribution in [0.25, 0.3) is 0 Å². The number of methoxy groups -OCH3 is 1. The zero-order chi connectivity index (χ0) is 20.1. The van der Waals surface area contributed by atoms with Crippen LogP contribution in [0.1, 0.15) is 31.3 Å². The molecule has 0 atom stereocenters. The van der Waals surface area contributed by atoms with Gasteiger partial charge in [0.25, 0.3) is 5.91 Å². The van der Waals surface area contributed by atoms with Crippen LogP contribution in [0.3, 0.4) is 0 Å². The molecular weight excluding hydrogens is 378 g/mol. The Balaban J connectivity index is 1.69. The minimum atomic E-state index is -1.00. The molecule has 1 heterocycles. The summed E-state index contributed by atoms with van der Waals surface area (Å²) in [5.74, 6) is -0.581. The fourth-order valence-electron chi connectivity index (χ4n) is 2.60. The standard InChI is InChI=1S/C20H19N3O4S/c1-12-17(18(24)21-11-13-6-5-7-14(10-13)19(25)26)28-20(22-12)23-15-8-3-4-9-16(15)27-2/h3-10H,11H2,1-2H3,(H,21,24)(H,22,23)(H,25,26). The van der Waals surface area contributed by atoms with Gasteiger partial charge < -0.3 is 20.5 Å². The van der Waals surface area contributed by atoms with E-state index >= 15 is 0 Å². The van der Waals surface area contributed by atoms with Gasteiger partial charge in [-0.25, -0.2) is 9.78 Å². The number of amides is 1. The van der Waals surface area contributed by atoms with Crippen molar-refractivity contribution >= 4 is 34.0 Å². The SMILES string of the molecule is COc1ccccc1Nc1nc(C)c(C(=O)NCc2cccc(C(=O)O)c2)s1. The van der Waals surface area contributed by atoms with Crippen molar-refractivity contribution in [1.82, 2.24) is 10.3 Å². The highest BCUT2D eigenvalue weighted by atomic mass is 32.1. The average molecular weight is 397 g/mol. The van der Waals surface area contributed by atoms with E-state index in [0.717, 1.165) is 5.69 Å². The minimum Gasteiger partial charge on any atom is -0.495 e. The van der Waals surface area contributed by atoms with E-state index in [-0.39, 0.29) is 18.0 Å².